The number of anilines is 6. The van der Waals surface area contributed by atoms with Gasteiger partial charge < -0.3 is 9.80 Å². The molecule has 0 spiro atoms. The molecule has 3 heteroatoms. The molecule has 9 aromatic carbocycles. The van der Waals surface area contributed by atoms with Crippen molar-refractivity contribution in [3.63, 3.8) is 0 Å². The number of fused-ring (bicyclic) bond motifs is 5. The third-order valence-electron chi connectivity index (χ3n) is 10.4. The van der Waals surface area contributed by atoms with Gasteiger partial charge in [0.15, 0.2) is 0 Å². The van der Waals surface area contributed by atoms with Crippen molar-refractivity contribution in [2.75, 3.05) is 9.80 Å². The fourth-order valence-corrected chi connectivity index (χ4v) is 9.01. The third kappa shape index (κ3) is 6.11. The van der Waals surface area contributed by atoms with Crippen molar-refractivity contribution in [3.8, 4) is 22.3 Å². The van der Waals surface area contributed by atoms with Gasteiger partial charge in [-0.3, -0.25) is 0 Å². The van der Waals surface area contributed by atoms with Gasteiger partial charge in [0, 0.05) is 43.9 Å². The third-order valence-corrected chi connectivity index (χ3v) is 11.6. The molecule has 0 saturated carbocycles. The molecule has 0 aliphatic rings. The Morgan fingerprint density at radius 1 is 0.309 bits per heavy atom. The highest BCUT2D eigenvalue weighted by Gasteiger charge is 2.23. The molecule has 1 heterocycles. The van der Waals surface area contributed by atoms with E-state index in [1.165, 1.54) is 53.2 Å². The summed E-state index contributed by atoms with van der Waals surface area (Å²) in [7, 11) is 0. The molecular weight excluding hydrogens is 685 g/mol. The number of para-hydroxylation sites is 3. The van der Waals surface area contributed by atoms with Crippen LogP contribution in [0.4, 0.5) is 34.1 Å². The molecule has 10 rings (SSSR count). The lowest BCUT2D eigenvalue weighted by Crippen LogP contribution is -2.13. The first-order valence-corrected chi connectivity index (χ1v) is 19.5. The molecule has 0 amide bonds. The van der Waals surface area contributed by atoms with Crippen LogP contribution in [0, 0.1) is 0 Å². The van der Waals surface area contributed by atoms with Gasteiger partial charge in [0.2, 0.25) is 0 Å². The van der Waals surface area contributed by atoms with E-state index in [0.717, 1.165) is 34.1 Å². The summed E-state index contributed by atoms with van der Waals surface area (Å²) >= 11 is 1.87. The minimum atomic E-state index is 1.09. The molecule has 0 bridgehead atoms. The maximum Gasteiger partial charge on any atom is 0.0661 e. The number of hydrogen-bond acceptors (Lipinski definition) is 3. The SMILES string of the molecule is c1ccc(-c2ccc(-c3ccc(N(c4ccccc4)c4cc(N(c5ccccc5)c5ccccc5)c5sc6ccc7ccccc7c6c5c4)cc3)cc2)cc1. The molecule has 0 radical (unpaired) electrons. The molecule has 2 nitrogen and oxygen atoms in total. The van der Waals surface area contributed by atoms with Crippen LogP contribution in [0.2, 0.25) is 0 Å². The first-order chi connectivity index (χ1) is 27.3. The van der Waals surface area contributed by atoms with Crippen LogP contribution in [-0.2, 0) is 0 Å². The largest absolute Gasteiger partial charge is 0.310 e. The topological polar surface area (TPSA) is 6.48 Å². The summed E-state index contributed by atoms with van der Waals surface area (Å²) < 4.78 is 2.53. The first kappa shape index (κ1) is 32.7. The van der Waals surface area contributed by atoms with Gasteiger partial charge in [-0.1, -0.05) is 152 Å². The summed E-state index contributed by atoms with van der Waals surface area (Å²) in [6.45, 7) is 0. The molecule has 0 aliphatic carbocycles. The quantitative estimate of drug-likeness (QED) is 0.154. The number of nitrogens with zero attached hydrogens (tertiary/aromatic N) is 2. The summed E-state index contributed by atoms with van der Waals surface area (Å²) in [6, 6.07) is 78.7. The van der Waals surface area contributed by atoms with Gasteiger partial charge in [-0.15, -0.1) is 11.3 Å². The van der Waals surface area contributed by atoms with Gasteiger partial charge in [0.1, 0.15) is 0 Å². The highest BCUT2D eigenvalue weighted by Crippen LogP contribution is 2.50. The summed E-state index contributed by atoms with van der Waals surface area (Å²) in [4.78, 5) is 4.81. The molecule has 0 unspecified atom stereocenters. The Labute approximate surface area is 325 Å². The van der Waals surface area contributed by atoms with E-state index < -0.39 is 0 Å². The Balaban J connectivity index is 1.18. The lowest BCUT2D eigenvalue weighted by atomic mass is 10.00. The summed E-state index contributed by atoms with van der Waals surface area (Å²) in [5.74, 6) is 0. The highest BCUT2D eigenvalue weighted by atomic mass is 32.1. The Morgan fingerprint density at radius 3 is 1.35 bits per heavy atom. The van der Waals surface area contributed by atoms with E-state index in [2.05, 4.69) is 228 Å². The Bertz CT molecular complexity index is 2850. The maximum atomic E-state index is 2.41. The average Bonchev–Trinajstić information content (AvgIpc) is 3.65. The van der Waals surface area contributed by atoms with Crippen molar-refractivity contribution in [1.82, 2.24) is 0 Å². The van der Waals surface area contributed by atoms with Crippen LogP contribution in [0.15, 0.2) is 218 Å². The van der Waals surface area contributed by atoms with Gasteiger partial charge in [0.05, 0.1) is 10.4 Å². The second-order valence-electron chi connectivity index (χ2n) is 13.8. The minimum Gasteiger partial charge on any atom is -0.310 e. The van der Waals surface area contributed by atoms with Gasteiger partial charge in [0.25, 0.3) is 0 Å². The number of rotatable bonds is 8. The molecule has 55 heavy (non-hydrogen) atoms. The fraction of sp³-hybridized carbons (Fsp3) is 0. The maximum absolute atomic E-state index is 2.41. The average molecular weight is 721 g/mol. The second-order valence-corrected chi connectivity index (χ2v) is 14.8. The summed E-state index contributed by atoms with van der Waals surface area (Å²) in [5.41, 5.74) is 11.5. The van der Waals surface area contributed by atoms with E-state index in [1.807, 2.05) is 11.3 Å². The van der Waals surface area contributed by atoms with Crippen LogP contribution in [0.25, 0.3) is 53.2 Å². The van der Waals surface area contributed by atoms with E-state index in [0.29, 0.717) is 0 Å². The Morgan fingerprint density at radius 2 is 0.764 bits per heavy atom. The number of hydrogen-bond donors (Lipinski definition) is 0. The first-order valence-electron chi connectivity index (χ1n) is 18.7. The fourth-order valence-electron chi connectivity index (χ4n) is 7.81. The molecule has 10 aromatic rings. The predicted octanol–water partition coefficient (Wildman–Crippen LogP) is 15.5. The number of thiophene rings is 1. The van der Waals surface area contributed by atoms with Crippen LogP contribution < -0.4 is 9.80 Å². The van der Waals surface area contributed by atoms with E-state index in [-0.39, 0.29) is 0 Å². The zero-order valence-corrected chi connectivity index (χ0v) is 30.9. The van der Waals surface area contributed by atoms with Crippen molar-refractivity contribution < 1.29 is 0 Å². The van der Waals surface area contributed by atoms with Crippen molar-refractivity contribution >= 4 is 76.4 Å². The van der Waals surface area contributed by atoms with Crippen molar-refractivity contribution in [3.05, 3.63) is 218 Å². The zero-order chi connectivity index (χ0) is 36.6. The Kier molecular flexibility index (Phi) is 8.40. The standard InChI is InChI=1S/C52H36N2S/c1-5-15-37(16-6-1)38-25-27-39(28-26-38)40-29-32-45(33-30-40)53(42-18-7-2-8-19-42)46-35-48-51-47-24-14-13-17-41(47)31-34-50(51)55-52(48)49(36-46)54(43-20-9-3-10-21-43)44-22-11-4-12-23-44/h1-36H. The predicted molar refractivity (Wildman–Crippen MR) is 237 cm³/mol. The van der Waals surface area contributed by atoms with Crippen molar-refractivity contribution in [2.24, 2.45) is 0 Å². The van der Waals surface area contributed by atoms with Gasteiger partial charge >= 0.3 is 0 Å². The van der Waals surface area contributed by atoms with E-state index in [4.69, 9.17) is 0 Å². The normalized spacial score (nSPS) is 11.3. The number of benzene rings is 9. The molecule has 0 aliphatic heterocycles. The van der Waals surface area contributed by atoms with Crippen LogP contribution >= 0.6 is 11.3 Å². The molecular formula is C52H36N2S. The highest BCUT2D eigenvalue weighted by molar-refractivity contribution is 7.26. The van der Waals surface area contributed by atoms with E-state index >= 15 is 0 Å². The smallest absolute Gasteiger partial charge is 0.0661 e. The Hall–Kier alpha value is -6.94. The van der Waals surface area contributed by atoms with Crippen molar-refractivity contribution in [1.29, 1.82) is 0 Å². The van der Waals surface area contributed by atoms with Gasteiger partial charge in [-0.2, -0.15) is 0 Å². The summed E-state index contributed by atoms with van der Waals surface area (Å²) in [5, 5.41) is 5.06. The van der Waals surface area contributed by atoms with Crippen LogP contribution in [0.5, 0.6) is 0 Å². The molecule has 0 atom stereocenters. The van der Waals surface area contributed by atoms with Crippen molar-refractivity contribution in [2.45, 2.75) is 0 Å². The van der Waals surface area contributed by atoms with E-state index in [1.54, 1.807) is 0 Å². The van der Waals surface area contributed by atoms with Crippen LogP contribution in [-0.4, -0.2) is 0 Å². The molecule has 0 N–H and O–H groups in total. The monoisotopic (exact) mass is 720 g/mol. The lowest BCUT2D eigenvalue weighted by Gasteiger charge is -2.30. The lowest BCUT2D eigenvalue weighted by molar-refractivity contribution is 1.26. The minimum absolute atomic E-state index is 1.09. The molecule has 0 fully saturated rings. The molecule has 0 saturated heterocycles. The second kappa shape index (κ2) is 14.1. The summed E-state index contributed by atoms with van der Waals surface area (Å²) in [6.07, 6.45) is 0. The van der Waals surface area contributed by atoms with Crippen LogP contribution in [0.1, 0.15) is 0 Å². The zero-order valence-electron chi connectivity index (χ0n) is 30.1. The van der Waals surface area contributed by atoms with Gasteiger partial charge in [-0.05, 0) is 99.8 Å². The molecule has 260 valence electrons. The van der Waals surface area contributed by atoms with Gasteiger partial charge in [-0.25, -0.2) is 0 Å². The van der Waals surface area contributed by atoms with E-state index in [9.17, 15) is 0 Å². The molecule has 1 aromatic heterocycles. The van der Waals surface area contributed by atoms with Crippen LogP contribution in [0.3, 0.4) is 0 Å².